The van der Waals surface area contributed by atoms with Crippen LogP contribution in [0.5, 0.6) is 0 Å². The van der Waals surface area contributed by atoms with Crippen molar-refractivity contribution >= 4 is 30.9 Å². The average Bonchev–Trinajstić information content (AvgIpc) is 1.59. The smallest absolute Gasteiger partial charge is 0.184 e. The molecule has 0 N–H and O–H groups in total. The molecule has 0 rings (SSSR count). The molecule has 0 aromatic heterocycles. The molecule has 0 radical (unpaired) electrons. The zero-order chi connectivity index (χ0) is 8.20. The van der Waals surface area contributed by atoms with Crippen molar-refractivity contribution in [3.8, 4) is 0 Å². The van der Waals surface area contributed by atoms with Gasteiger partial charge in [0, 0.05) is 10.5 Å². The second kappa shape index (κ2) is 4.72. The third kappa shape index (κ3) is 7.02. The fourth-order valence-corrected chi connectivity index (χ4v) is 3.02. The standard InChI is InChI=1S/C7H17IOSi/c1-7(5-6-8)9-10(2,3)4/h7H,5-6H2,1-4H3/t7-/m0/s1. The van der Waals surface area contributed by atoms with Gasteiger partial charge in [0.25, 0.3) is 0 Å². The Morgan fingerprint density at radius 3 is 2.20 bits per heavy atom. The molecule has 10 heavy (non-hydrogen) atoms. The monoisotopic (exact) mass is 272 g/mol. The molecule has 0 saturated heterocycles. The van der Waals surface area contributed by atoms with E-state index < -0.39 is 8.32 Å². The summed E-state index contributed by atoms with van der Waals surface area (Å²) in [6.07, 6.45) is 1.65. The summed E-state index contributed by atoms with van der Waals surface area (Å²) in [5.74, 6) is 0. The number of hydrogen-bond donors (Lipinski definition) is 0. The largest absolute Gasteiger partial charge is 0.415 e. The number of rotatable bonds is 4. The predicted octanol–water partition coefficient (Wildman–Crippen LogP) is 3.05. The van der Waals surface area contributed by atoms with Crippen molar-refractivity contribution in [1.82, 2.24) is 0 Å². The van der Waals surface area contributed by atoms with Crippen LogP contribution in [0.25, 0.3) is 0 Å². The van der Waals surface area contributed by atoms with Gasteiger partial charge in [0.05, 0.1) is 0 Å². The Bertz CT molecular complexity index is 90.1. The van der Waals surface area contributed by atoms with E-state index in [-0.39, 0.29) is 0 Å². The molecule has 1 nitrogen and oxygen atoms in total. The summed E-state index contributed by atoms with van der Waals surface area (Å²) >= 11 is 2.39. The first-order chi connectivity index (χ1) is 4.45. The predicted molar refractivity (Wildman–Crippen MR) is 57.4 cm³/mol. The lowest BCUT2D eigenvalue weighted by molar-refractivity contribution is 0.212. The zero-order valence-corrected chi connectivity index (χ0v) is 10.4. The first-order valence-corrected chi connectivity index (χ1v) is 8.63. The molecule has 0 aliphatic rings. The minimum absolute atomic E-state index is 0.462. The number of halogens is 1. The highest BCUT2D eigenvalue weighted by molar-refractivity contribution is 14.1. The molecule has 0 spiro atoms. The van der Waals surface area contributed by atoms with E-state index in [1.807, 2.05) is 0 Å². The van der Waals surface area contributed by atoms with Gasteiger partial charge in [-0.1, -0.05) is 22.6 Å². The average molecular weight is 272 g/mol. The summed E-state index contributed by atoms with van der Waals surface area (Å²) in [7, 11) is -1.26. The molecule has 0 heterocycles. The van der Waals surface area contributed by atoms with Crippen LogP contribution in [0.3, 0.4) is 0 Å². The first kappa shape index (κ1) is 10.9. The summed E-state index contributed by atoms with van der Waals surface area (Å²) in [4.78, 5) is 0. The van der Waals surface area contributed by atoms with Crippen LogP contribution in [-0.4, -0.2) is 18.8 Å². The van der Waals surface area contributed by atoms with E-state index in [0.717, 1.165) is 0 Å². The Morgan fingerprint density at radius 2 is 1.90 bits per heavy atom. The van der Waals surface area contributed by atoms with E-state index in [4.69, 9.17) is 4.43 Å². The third-order valence-electron chi connectivity index (χ3n) is 1.07. The van der Waals surface area contributed by atoms with Crippen LogP contribution in [0.15, 0.2) is 0 Å². The quantitative estimate of drug-likeness (QED) is 0.434. The normalized spacial score (nSPS) is 15.3. The maximum atomic E-state index is 5.81. The summed E-state index contributed by atoms with van der Waals surface area (Å²) in [5.41, 5.74) is 0. The molecule has 0 bridgehead atoms. The molecule has 1 atom stereocenters. The Hall–Kier alpha value is 0.907. The number of alkyl halides is 1. The Kier molecular flexibility index (Phi) is 5.15. The highest BCUT2D eigenvalue weighted by Gasteiger charge is 2.17. The molecule has 0 aromatic rings. The second-order valence-electron chi connectivity index (χ2n) is 3.52. The van der Waals surface area contributed by atoms with Crippen molar-refractivity contribution in [3.63, 3.8) is 0 Å². The van der Waals surface area contributed by atoms with Gasteiger partial charge in [0.2, 0.25) is 0 Å². The fourth-order valence-electron chi connectivity index (χ4n) is 0.816. The van der Waals surface area contributed by atoms with E-state index in [1.54, 1.807) is 0 Å². The van der Waals surface area contributed by atoms with Crippen molar-refractivity contribution in [2.75, 3.05) is 4.43 Å². The van der Waals surface area contributed by atoms with Crippen LogP contribution in [0.4, 0.5) is 0 Å². The van der Waals surface area contributed by atoms with Gasteiger partial charge in [-0.05, 0) is 33.0 Å². The van der Waals surface area contributed by atoms with Gasteiger partial charge < -0.3 is 4.43 Å². The lowest BCUT2D eigenvalue weighted by Crippen LogP contribution is -2.30. The molecule has 0 aliphatic heterocycles. The van der Waals surface area contributed by atoms with E-state index in [9.17, 15) is 0 Å². The summed E-state index contributed by atoms with van der Waals surface area (Å²) in [6.45, 7) is 8.86. The molecule has 0 amide bonds. The van der Waals surface area contributed by atoms with Gasteiger partial charge in [0.1, 0.15) is 0 Å². The maximum Gasteiger partial charge on any atom is 0.184 e. The molecule has 0 aromatic carbocycles. The summed E-state index contributed by atoms with van der Waals surface area (Å²) in [6, 6.07) is 0. The zero-order valence-electron chi connectivity index (χ0n) is 7.28. The van der Waals surface area contributed by atoms with E-state index in [1.165, 1.54) is 10.8 Å². The highest BCUT2D eigenvalue weighted by Crippen LogP contribution is 2.10. The summed E-state index contributed by atoms with van der Waals surface area (Å²) < 4.78 is 7.01. The molecule has 0 fully saturated rings. The Morgan fingerprint density at radius 1 is 1.40 bits per heavy atom. The van der Waals surface area contributed by atoms with Gasteiger partial charge in [-0.2, -0.15) is 0 Å². The van der Waals surface area contributed by atoms with Crippen LogP contribution >= 0.6 is 22.6 Å². The minimum Gasteiger partial charge on any atom is -0.415 e. The van der Waals surface area contributed by atoms with Gasteiger partial charge in [-0.3, -0.25) is 0 Å². The van der Waals surface area contributed by atoms with Gasteiger partial charge in [0.15, 0.2) is 8.32 Å². The van der Waals surface area contributed by atoms with Crippen molar-refractivity contribution in [2.24, 2.45) is 0 Å². The number of hydrogen-bond acceptors (Lipinski definition) is 1. The minimum atomic E-state index is -1.26. The second-order valence-corrected chi connectivity index (χ2v) is 9.06. The highest BCUT2D eigenvalue weighted by atomic mass is 127. The molecular formula is C7H17IOSi. The Labute approximate surface area is 78.8 Å². The topological polar surface area (TPSA) is 9.23 Å². The fraction of sp³-hybridized carbons (Fsp3) is 1.00. The third-order valence-corrected chi connectivity index (χ3v) is 2.80. The first-order valence-electron chi connectivity index (χ1n) is 3.69. The van der Waals surface area contributed by atoms with Crippen molar-refractivity contribution < 1.29 is 4.43 Å². The van der Waals surface area contributed by atoms with Crippen molar-refractivity contribution in [1.29, 1.82) is 0 Å². The van der Waals surface area contributed by atoms with Crippen molar-refractivity contribution in [3.05, 3.63) is 0 Å². The van der Waals surface area contributed by atoms with E-state index in [0.29, 0.717) is 6.10 Å². The van der Waals surface area contributed by atoms with Crippen molar-refractivity contribution in [2.45, 2.75) is 39.1 Å². The SMILES string of the molecule is C[C@@H](CCI)O[Si](C)(C)C. The van der Waals surface area contributed by atoms with Gasteiger partial charge in [-0.15, -0.1) is 0 Å². The van der Waals surface area contributed by atoms with Crippen LogP contribution in [-0.2, 0) is 4.43 Å². The molecule has 0 saturated carbocycles. The van der Waals surface area contributed by atoms with Crippen LogP contribution in [0, 0.1) is 0 Å². The lowest BCUT2D eigenvalue weighted by Gasteiger charge is -2.22. The van der Waals surface area contributed by atoms with Crippen LogP contribution in [0.2, 0.25) is 19.6 Å². The van der Waals surface area contributed by atoms with E-state index in [2.05, 4.69) is 49.2 Å². The summed E-state index contributed by atoms with van der Waals surface area (Å²) in [5, 5.41) is 0. The maximum absolute atomic E-state index is 5.81. The van der Waals surface area contributed by atoms with Gasteiger partial charge in [-0.25, -0.2) is 0 Å². The molecule has 3 heteroatoms. The van der Waals surface area contributed by atoms with Gasteiger partial charge >= 0.3 is 0 Å². The Balaban J connectivity index is 3.47. The molecule has 0 unspecified atom stereocenters. The molecule has 0 aliphatic carbocycles. The molecular weight excluding hydrogens is 255 g/mol. The van der Waals surface area contributed by atoms with Crippen LogP contribution in [0.1, 0.15) is 13.3 Å². The van der Waals surface area contributed by atoms with E-state index >= 15 is 0 Å². The van der Waals surface area contributed by atoms with Crippen LogP contribution < -0.4 is 0 Å². The molecule has 62 valence electrons. The lowest BCUT2D eigenvalue weighted by atomic mass is 10.3.